The first-order valence-electron chi connectivity index (χ1n) is 8.90. The van der Waals surface area contributed by atoms with Crippen LogP contribution in [0, 0.1) is 11.3 Å². The molecular formula is C22H23N3O4. The molecule has 29 heavy (non-hydrogen) atoms. The van der Waals surface area contributed by atoms with E-state index in [1.165, 1.54) is 13.1 Å². The molecule has 2 N–H and O–H groups in total. The number of rotatable bonds is 8. The quantitative estimate of drug-likeness (QED) is 0.404. The van der Waals surface area contributed by atoms with E-state index in [0.29, 0.717) is 22.7 Å². The number of hydrogen-bond acceptors (Lipinski definition) is 6. The second kappa shape index (κ2) is 9.95. The lowest BCUT2D eigenvalue weighted by Crippen LogP contribution is -2.18. The zero-order chi connectivity index (χ0) is 21.4. The number of nitriles is 1. The van der Waals surface area contributed by atoms with Gasteiger partial charge in [0.1, 0.15) is 11.6 Å². The summed E-state index contributed by atoms with van der Waals surface area (Å²) in [5, 5.41) is 15.0. The van der Waals surface area contributed by atoms with Crippen LogP contribution in [0.3, 0.4) is 0 Å². The average Bonchev–Trinajstić information content (AvgIpc) is 2.73. The molecular weight excluding hydrogens is 370 g/mol. The van der Waals surface area contributed by atoms with E-state index >= 15 is 0 Å². The SMILES string of the molecule is COc1ccc(C(C)N/C=C(/C#N)C(=O)Nc2ccc(C(C)=O)cc2)cc1OC. The molecule has 7 heteroatoms. The van der Waals surface area contributed by atoms with Gasteiger partial charge in [-0.15, -0.1) is 0 Å². The molecule has 0 radical (unpaired) electrons. The van der Waals surface area contributed by atoms with Gasteiger partial charge in [-0.2, -0.15) is 5.26 Å². The van der Waals surface area contributed by atoms with E-state index in [2.05, 4.69) is 10.6 Å². The topological polar surface area (TPSA) is 100 Å². The summed E-state index contributed by atoms with van der Waals surface area (Å²) in [4.78, 5) is 23.7. The number of anilines is 1. The largest absolute Gasteiger partial charge is 0.493 e. The zero-order valence-electron chi connectivity index (χ0n) is 16.8. The molecule has 150 valence electrons. The highest BCUT2D eigenvalue weighted by atomic mass is 16.5. The van der Waals surface area contributed by atoms with Gasteiger partial charge < -0.3 is 20.1 Å². The molecule has 0 saturated carbocycles. The lowest BCUT2D eigenvalue weighted by Gasteiger charge is -2.15. The Morgan fingerprint density at radius 1 is 1.07 bits per heavy atom. The van der Waals surface area contributed by atoms with Crippen LogP contribution in [0.2, 0.25) is 0 Å². The highest BCUT2D eigenvalue weighted by Crippen LogP contribution is 2.29. The molecule has 2 aromatic rings. The van der Waals surface area contributed by atoms with Crippen molar-refractivity contribution in [2.75, 3.05) is 19.5 Å². The number of ether oxygens (including phenoxy) is 2. The minimum atomic E-state index is -0.546. The lowest BCUT2D eigenvalue weighted by atomic mass is 10.1. The van der Waals surface area contributed by atoms with Gasteiger partial charge in [0.15, 0.2) is 17.3 Å². The standard InChI is InChI=1S/C22H23N3O4/c1-14(17-7-10-20(28-3)21(11-17)29-4)24-13-18(12-23)22(27)25-19-8-5-16(6-9-19)15(2)26/h5-11,13-14,24H,1-4H3,(H,25,27)/b18-13-. The Kier molecular flexibility index (Phi) is 7.38. The molecule has 0 heterocycles. The van der Waals surface area contributed by atoms with E-state index < -0.39 is 5.91 Å². The van der Waals surface area contributed by atoms with Crippen LogP contribution in [0.25, 0.3) is 0 Å². The number of nitrogens with zero attached hydrogens (tertiary/aromatic N) is 1. The Balaban J connectivity index is 2.07. The monoisotopic (exact) mass is 393 g/mol. The van der Waals surface area contributed by atoms with Crippen molar-refractivity contribution in [3.05, 3.63) is 65.4 Å². The molecule has 1 unspecified atom stereocenters. The second-order valence-corrected chi connectivity index (χ2v) is 6.26. The van der Waals surface area contributed by atoms with Crippen LogP contribution in [0.4, 0.5) is 5.69 Å². The van der Waals surface area contributed by atoms with Gasteiger partial charge in [-0.3, -0.25) is 9.59 Å². The summed E-state index contributed by atoms with van der Waals surface area (Å²) in [5.41, 5.74) is 1.86. The van der Waals surface area contributed by atoms with Crippen molar-refractivity contribution in [2.24, 2.45) is 0 Å². The maximum Gasteiger partial charge on any atom is 0.267 e. The van der Waals surface area contributed by atoms with E-state index in [1.807, 2.05) is 25.1 Å². The normalized spacial score (nSPS) is 11.8. The highest BCUT2D eigenvalue weighted by Gasteiger charge is 2.12. The molecule has 0 aliphatic carbocycles. The van der Waals surface area contributed by atoms with Gasteiger partial charge in [-0.25, -0.2) is 0 Å². The van der Waals surface area contributed by atoms with Gasteiger partial charge in [0.2, 0.25) is 0 Å². The van der Waals surface area contributed by atoms with E-state index in [9.17, 15) is 14.9 Å². The van der Waals surface area contributed by atoms with Crippen LogP contribution < -0.4 is 20.1 Å². The number of carbonyl (C=O) groups is 2. The summed E-state index contributed by atoms with van der Waals surface area (Å²) >= 11 is 0. The van der Waals surface area contributed by atoms with Gasteiger partial charge in [0.25, 0.3) is 5.91 Å². The van der Waals surface area contributed by atoms with Crippen molar-refractivity contribution >= 4 is 17.4 Å². The summed E-state index contributed by atoms with van der Waals surface area (Å²) in [5.74, 6) is 0.602. The van der Waals surface area contributed by atoms with Crippen molar-refractivity contribution in [1.29, 1.82) is 5.26 Å². The number of hydrogen-bond donors (Lipinski definition) is 2. The van der Waals surface area contributed by atoms with Crippen molar-refractivity contribution in [3.8, 4) is 17.6 Å². The van der Waals surface area contributed by atoms with Crippen LogP contribution in [0.15, 0.2) is 54.2 Å². The van der Waals surface area contributed by atoms with Gasteiger partial charge >= 0.3 is 0 Å². The molecule has 0 spiro atoms. The molecule has 0 aliphatic heterocycles. The Morgan fingerprint density at radius 3 is 2.28 bits per heavy atom. The summed E-state index contributed by atoms with van der Waals surface area (Å²) in [6.07, 6.45) is 1.38. The molecule has 0 fully saturated rings. The van der Waals surface area contributed by atoms with Crippen LogP contribution in [0.1, 0.15) is 35.8 Å². The van der Waals surface area contributed by atoms with E-state index in [4.69, 9.17) is 9.47 Å². The first kappa shape index (κ1) is 21.5. The van der Waals surface area contributed by atoms with Crippen molar-refractivity contribution in [1.82, 2.24) is 5.32 Å². The average molecular weight is 393 g/mol. The first-order chi connectivity index (χ1) is 13.9. The Morgan fingerprint density at radius 2 is 1.72 bits per heavy atom. The number of amides is 1. The lowest BCUT2D eigenvalue weighted by molar-refractivity contribution is -0.112. The van der Waals surface area contributed by atoms with Gasteiger partial charge in [0, 0.05) is 23.5 Å². The zero-order valence-corrected chi connectivity index (χ0v) is 16.8. The Labute approximate surface area is 169 Å². The molecule has 0 aromatic heterocycles. The van der Waals surface area contributed by atoms with Crippen molar-refractivity contribution < 1.29 is 19.1 Å². The second-order valence-electron chi connectivity index (χ2n) is 6.26. The minimum absolute atomic E-state index is 0.0613. The van der Waals surface area contributed by atoms with Crippen LogP contribution in [-0.2, 0) is 4.79 Å². The number of nitrogens with one attached hydrogen (secondary N) is 2. The number of carbonyl (C=O) groups excluding carboxylic acids is 2. The summed E-state index contributed by atoms with van der Waals surface area (Å²) in [7, 11) is 3.12. The molecule has 0 saturated heterocycles. The minimum Gasteiger partial charge on any atom is -0.493 e. The van der Waals surface area contributed by atoms with Crippen LogP contribution >= 0.6 is 0 Å². The number of Topliss-reactive ketones (excluding diaryl/α,β-unsaturated/α-hetero) is 1. The third-order valence-corrected chi connectivity index (χ3v) is 4.30. The maximum absolute atomic E-state index is 12.4. The number of methoxy groups -OCH3 is 2. The summed E-state index contributed by atoms with van der Waals surface area (Å²) < 4.78 is 10.5. The van der Waals surface area contributed by atoms with E-state index in [0.717, 1.165) is 5.56 Å². The molecule has 1 amide bonds. The summed E-state index contributed by atoms with van der Waals surface area (Å²) in [6.45, 7) is 3.36. The first-order valence-corrected chi connectivity index (χ1v) is 8.90. The van der Waals surface area contributed by atoms with Gasteiger partial charge in [-0.05, 0) is 55.8 Å². The van der Waals surface area contributed by atoms with Crippen molar-refractivity contribution in [2.45, 2.75) is 19.9 Å². The Hall–Kier alpha value is -3.79. The van der Waals surface area contributed by atoms with E-state index in [-0.39, 0.29) is 17.4 Å². The molecule has 0 bridgehead atoms. The van der Waals surface area contributed by atoms with Gasteiger partial charge in [-0.1, -0.05) is 6.07 Å². The number of ketones is 1. The molecule has 0 aliphatic rings. The van der Waals surface area contributed by atoms with Gasteiger partial charge in [0.05, 0.1) is 14.2 Å². The predicted molar refractivity (Wildman–Crippen MR) is 110 cm³/mol. The fraction of sp³-hybridized carbons (Fsp3) is 0.227. The third-order valence-electron chi connectivity index (χ3n) is 4.30. The summed E-state index contributed by atoms with van der Waals surface area (Å²) in [6, 6.07) is 13.7. The molecule has 1 atom stereocenters. The molecule has 2 rings (SSSR count). The maximum atomic E-state index is 12.4. The fourth-order valence-electron chi connectivity index (χ4n) is 2.56. The smallest absolute Gasteiger partial charge is 0.267 e. The Bertz CT molecular complexity index is 959. The predicted octanol–water partition coefficient (Wildman–Crippen LogP) is 3.60. The molecule has 2 aromatic carbocycles. The molecule has 7 nitrogen and oxygen atoms in total. The fourth-order valence-corrected chi connectivity index (χ4v) is 2.56. The highest BCUT2D eigenvalue weighted by molar-refractivity contribution is 6.06. The van der Waals surface area contributed by atoms with Crippen LogP contribution in [-0.4, -0.2) is 25.9 Å². The van der Waals surface area contributed by atoms with Crippen molar-refractivity contribution in [3.63, 3.8) is 0 Å². The van der Waals surface area contributed by atoms with E-state index in [1.54, 1.807) is 44.6 Å². The third kappa shape index (κ3) is 5.59. The van der Waals surface area contributed by atoms with Crippen LogP contribution in [0.5, 0.6) is 11.5 Å². The number of benzene rings is 2.